The molecule has 5 nitrogen and oxygen atoms in total. The van der Waals surface area contributed by atoms with E-state index in [0.717, 1.165) is 5.56 Å². The molecule has 0 saturated carbocycles. The monoisotopic (exact) mass is 343 g/mol. The molecular formula is C19H18FNO4. The number of para-hydroxylation sites is 1. The largest absolute Gasteiger partial charge is 0.486 e. The molecule has 0 aromatic heterocycles. The van der Waals surface area contributed by atoms with Crippen molar-refractivity contribution in [3.63, 3.8) is 0 Å². The van der Waals surface area contributed by atoms with Gasteiger partial charge in [-0.1, -0.05) is 18.2 Å². The minimum atomic E-state index is -0.615. The Morgan fingerprint density at radius 1 is 1.12 bits per heavy atom. The molecule has 4 rings (SSSR count). The fraction of sp³-hybridized carbons (Fsp3) is 0.316. The Morgan fingerprint density at radius 2 is 1.88 bits per heavy atom. The van der Waals surface area contributed by atoms with Gasteiger partial charge in [0.25, 0.3) is 5.91 Å². The van der Waals surface area contributed by atoms with E-state index in [4.69, 9.17) is 9.47 Å². The number of benzene rings is 2. The van der Waals surface area contributed by atoms with Crippen LogP contribution >= 0.6 is 0 Å². The van der Waals surface area contributed by atoms with Crippen LogP contribution in [0, 0.1) is 5.82 Å². The van der Waals surface area contributed by atoms with E-state index in [1.54, 1.807) is 35.2 Å². The highest BCUT2D eigenvalue weighted by atomic mass is 19.1. The molecule has 0 radical (unpaired) electrons. The van der Waals surface area contributed by atoms with Crippen LogP contribution in [0.4, 0.5) is 4.39 Å². The van der Waals surface area contributed by atoms with Crippen molar-refractivity contribution in [1.82, 2.24) is 4.90 Å². The number of carbonyl (C=O) groups excluding carboxylic acids is 1. The molecule has 0 aliphatic carbocycles. The summed E-state index contributed by atoms with van der Waals surface area (Å²) < 4.78 is 24.4. The fourth-order valence-electron chi connectivity index (χ4n) is 3.44. The second-order valence-electron chi connectivity index (χ2n) is 6.24. The fourth-order valence-corrected chi connectivity index (χ4v) is 3.44. The molecular weight excluding hydrogens is 325 g/mol. The number of β-amino-alcohol motifs (C(OH)–C–C–N with tert-alkyl or cyclic N) is 1. The number of rotatable bonds is 2. The Hall–Kier alpha value is -2.60. The molecule has 2 aromatic rings. The highest BCUT2D eigenvalue weighted by Gasteiger charge is 2.37. The average molecular weight is 343 g/mol. The Balaban J connectivity index is 1.67. The third-order valence-corrected chi connectivity index (χ3v) is 4.59. The zero-order chi connectivity index (χ0) is 17.4. The van der Waals surface area contributed by atoms with Crippen molar-refractivity contribution in [2.45, 2.75) is 18.6 Å². The van der Waals surface area contributed by atoms with Crippen molar-refractivity contribution in [2.75, 3.05) is 19.8 Å². The lowest BCUT2D eigenvalue weighted by atomic mass is 10.0. The van der Waals surface area contributed by atoms with Gasteiger partial charge in [0.15, 0.2) is 11.5 Å². The van der Waals surface area contributed by atoms with Gasteiger partial charge in [0.05, 0.1) is 17.7 Å². The normalized spacial score (nSPS) is 22.1. The minimum absolute atomic E-state index is 0.228. The summed E-state index contributed by atoms with van der Waals surface area (Å²) in [5, 5.41) is 10.1. The highest BCUT2D eigenvalue weighted by Crippen LogP contribution is 2.38. The molecule has 2 heterocycles. The van der Waals surface area contributed by atoms with Gasteiger partial charge in [-0.05, 0) is 36.2 Å². The molecule has 1 fully saturated rings. The zero-order valence-corrected chi connectivity index (χ0v) is 13.5. The number of nitrogens with zero attached hydrogens (tertiary/aromatic N) is 1. The van der Waals surface area contributed by atoms with E-state index in [0.29, 0.717) is 36.7 Å². The van der Waals surface area contributed by atoms with E-state index in [1.807, 2.05) is 0 Å². The third kappa shape index (κ3) is 2.93. The lowest BCUT2D eigenvalue weighted by Gasteiger charge is -2.27. The molecule has 0 bridgehead atoms. The van der Waals surface area contributed by atoms with Crippen LogP contribution in [0.2, 0.25) is 0 Å². The molecule has 2 unspecified atom stereocenters. The molecule has 2 aliphatic rings. The number of hydrogen-bond donors (Lipinski definition) is 1. The molecule has 2 atom stereocenters. The average Bonchev–Trinajstić information content (AvgIpc) is 3.03. The summed E-state index contributed by atoms with van der Waals surface area (Å²) in [5.41, 5.74) is 1.21. The molecule has 0 spiro atoms. The molecule has 2 aromatic carbocycles. The summed E-state index contributed by atoms with van der Waals surface area (Å²) >= 11 is 0. The van der Waals surface area contributed by atoms with E-state index in [2.05, 4.69) is 0 Å². The zero-order valence-electron chi connectivity index (χ0n) is 13.5. The van der Waals surface area contributed by atoms with Gasteiger partial charge in [0, 0.05) is 6.54 Å². The predicted octanol–water partition coefficient (Wildman–Crippen LogP) is 2.55. The van der Waals surface area contributed by atoms with Gasteiger partial charge in [-0.2, -0.15) is 0 Å². The van der Waals surface area contributed by atoms with Crippen molar-refractivity contribution in [3.05, 3.63) is 59.4 Å². The maximum atomic E-state index is 13.2. The van der Waals surface area contributed by atoms with Gasteiger partial charge in [-0.15, -0.1) is 0 Å². The Bertz CT molecular complexity index is 793. The van der Waals surface area contributed by atoms with Crippen LogP contribution in [0.25, 0.3) is 0 Å². The lowest BCUT2D eigenvalue weighted by molar-refractivity contribution is 0.0705. The highest BCUT2D eigenvalue weighted by molar-refractivity contribution is 5.98. The van der Waals surface area contributed by atoms with E-state index in [-0.39, 0.29) is 24.3 Å². The van der Waals surface area contributed by atoms with Gasteiger partial charge < -0.3 is 19.5 Å². The Labute approximate surface area is 144 Å². The topological polar surface area (TPSA) is 59.0 Å². The molecule has 2 aliphatic heterocycles. The van der Waals surface area contributed by atoms with Gasteiger partial charge in [-0.3, -0.25) is 4.79 Å². The first-order chi connectivity index (χ1) is 12.1. The van der Waals surface area contributed by atoms with Gasteiger partial charge in [-0.25, -0.2) is 4.39 Å². The van der Waals surface area contributed by atoms with Crippen molar-refractivity contribution in [3.8, 4) is 11.5 Å². The standard InChI is InChI=1S/C19H18FNO4/c20-13-6-4-12(5-7-13)16-10-14(22)11-21(16)19(23)15-2-1-3-17-18(15)25-9-8-24-17/h1-7,14,16,22H,8-11H2. The first kappa shape index (κ1) is 15.9. The summed E-state index contributed by atoms with van der Waals surface area (Å²) in [7, 11) is 0. The molecule has 6 heteroatoms. The summed E-state index contributed by atoms with van der Waals surface area (Å²) in [6.45, 7) is 1.07. The van der Waals surface area contributed by atoms with E-state index in [9.17, 15) is 14.3 Å². The third-order valence-electron chi connectivity index (χ3n) is 4.59. The van der Waals surface area contributed by atoms with Crippen molar-refractivity contribution in [2.24, 2.45) is 0 Å². The number of aliphatic hydroxyl groups excluding tert-OH is 1. The number of aliphatic hydroxyl groups is 1. The van der Waals surface area contributed by atoms with E-state index >= 15 is 0 Å². The van der Waals surface area contributed by atoms with Crippen LogP contribution in [0.5, 0.6) is 11.5 Å². The number of ether oxygens (including phenoxy) is 2. The van der Waals surface area contributed by atoms with Crippen LogP contribution < -0.4 is 9.47 Å². The van der Waals surface area contributed by atoms with Gasteiger partial charge in [0.2, 0.25) is 0 Å². The Kier molecular flexibility index (Phi) is 4.05. The molecule has 1 amide bonds. The second kappa shape index (κ2) is 6.37. The van der Waals surface area contributed by atoms with Crippen LogP contribution in [0.15, 0.2) is 42.5 Å². The summed E-state index contributed by atoms with van der Waals surface area (Å²) in [6.07, 6.45) is -0.195. The van der Waals surface area contributed by atoms with Crippen molar-refractivity contribution in [1.29, 1.82) is 0 Å². The van der Waals surface area contributed by atoms with Crippen molar-refractivity contribution < 1.29 is 23.8 Å². The summed E-state index contributed by atoms with van der Waals surface area (Å²) in [4.78, 5) is 14.7. The smallest absolute Gasteiger partial charge is 0.258 e. The number of carbonyl (C=O) groups is 1. The van der Waals surface area contributed by atoms with Gasteiger partial charge >= 0.3 is 0 Å². The number of likely N-dealkylation sites (tertiary alicyclic amines) is 1. The first-order valence-corrected chi connectivity index (χ1v) is 8.26. The molecule has 25 heavy (non-hydrogen) atoms. The first-order valence-electron chi connectivity index (χ1n) is 8.26. The van der Waals surface area contributed by atoms with Crippen LogP contribution in [-0.2, 0) is 0 Å². The maximum Gasteiger partial charge on any atom is 0.258 e. The van der Waals surface area contributed by atoms with Crippen LogP contribution in [0.3, 0.4) is 0 Å². The number of fused-ring (bicyclic) bond motifs is 1. The van der Waals surface area contributed by atoms with E-state index < -0.39 is 6.10 Å². The van der Waals surface area contributed by atoms with Crippen molar-refractivity contribution >= 4 is 5.91 Å². The minimum Gasteiger partial charge on any atom is -0.486 e. The predicted molar refractivity (Wildman–Crippen MR) is 88.2 cm³/mol. The summed E-state index contributed by atoms with van der Waals surface area (Å²) in [6, 6.07) is 10.9. The lowest BCUT2D eigenvalue weighted by Crippen LogP contribution is -2.32. The SMILES string of the molecule is O=C(c1cccc2c1OCCO2)N1CC(O)CC1c1ccc(F)cc1. The number of halogens is 1. The number of amides is 1. The quantitative estimate of drug-likeness (QED) is 0.910. The Morgan fingerprint density at radius 3 is 2.68 bits per heavy atom. The molecule has 130 valence electrons. The molecule has 1 saturated heterocycles. The second-order valence-corrected chi connectivity index (χ2v) is 6.24. The molecule has 1 N–H and O–H groups in total. The summed E-state index contributed by atoms with van der Waals surface area (Å²) in [5.74, 6) is 0.434. The maximum absolute atomic E-state index is 13.2. The van der Waals surface area contributed by atoms with Crippen LogP contribution in [0.1, 0.15) is 28.4 Å². The number of hydrogen-bond acceptors (Lipinski definition) is 4. The van der Waals surface area contributed by atoms with Gasteiger partial charge in [0.1, 0.15) is 19.0 Å². The van der Waals surface area contributed by atoms with E-state index in [1.165, 1.54) is 12.1 Å². The van der Waals surface area contributed by atoms with Crippen LogP contribution in [-0.4, -0.2) is 41.8 Å².